The maximum Gasteiger partial charge on any atom is 0.240 e. The van der Waals surface area contributed by atoms with Crippen LogP contribution in [0.15, 0.2) is 36.5 Å². The Labute approximate surface area is 121 Å². The lowest BCUT2D eigenvalue weighted by Gasteiger charge is -2.04. The smallest absolute Gasteiger partial charge is 0.240 e. The highest BCUT2D eigenvalue weighted by Crippen LogP contribution is 2.26. The summed E-state index contributed by atoms with van der Waals surface area (Å²) in [6.07, 6.45) is 1.87. The Morgan fingerprint density at radius 2 is 1.81 bits per heavy atom. The molecular weight excluding hydrogens is 270 g/mol. The van der Waals surface area contributed by atoms with Crippen LogP contribution in [0.5, 0.6) is 17.5 Å². The molecule has 0 unspecified atom stereocenters. The minimum Gasteiger partial charge on any atom is -0.497 e. The van der Waals surface area contributed by atoms with E-state index in [2.05, 4.69) is 9.97 Å². The molecule has 21 heavy (non-hydrogen) atoms. The van der Waals surface area contributed by atoms with Crippen LogP contribution in [0.25, 0.3) is 17.0 Å². The van der Waals surface area contributed by atoms with Crippen molar-refractivity contribution in [2.45, 2.75) is 0 Å². The normalized spacial score (nSPS) is 10.6. The lowest BCUT2D eigenvalue weighted by atomic mass is 10.1. The third-order valence-electron chi connectivity index (χ3n) is 3.17. The van der Waals surface area contributed by atoms with Gasteiger partial charge in [-0.1, -0.05) is 12.1 Å². The molecule has 3 rings (SSSR count). The van der Waals surface area contributed by atoms with Gasteiger partial charge in [0.25, 0.3) is 0 Å². The van der Waals surface area contributed by atoms with Gasteiger partial charge in [0.05, 0.1) is 33.1 Å². The lowest BCUT2D eigenvalue weighted by molar-refractivity contribution is 0.369. The highest BCUT2D eigenvalue weighted by molar-refractivity contribution is 5.63. The maximum atomic E-state index is 5.34. The Bertz CT molecular complexity index is 783. The maximum absolute atomic E-state index is 5.34. The van der Waals surface area contributed by atoms with E-state index in [1.807, 2.05) is 30.5 Å². The van der Waals surface area contributed by atoms with Crippen molar-refractivity contribution in [2.75, 3.05) is 21.3 Å². The second kappa shape index (κ2) is 5.32. The van der Waals surface area contributed by atoms with Crippen molar-refractivity contribution in [2.24, 2.45) is 0 Å². The van der Waals surface area contributed by atoms with Gasteiger partial charge in [-0.05, 0) is 12.1 Å². The number of hydrogen-bond acceptors (Lipinski definition) is 5. The molecule has 3 aromatic rings. The van der Waals surface area contributed by atoms with Crippen molar-refractivity contribution in [1.29, 1.82) is 0 Å². The zero-order chi connectivity index (χ0) is 14.8. The Balaban J connectivity index is 2.15. The average molecular weight is 285 g/mol. The molecule has 1 aromatic carbocycles. The molecule has 0 N–H and O–H groups in total. The van der Waals surface area contributed by atoms with Gasteiger partial charge in [-0.25, -0.2) is 4.98 Å². The molecule has 0 fully saturated rings. The molecule has 0 saturated carbocycles. The zero-order valence-electron chi connectivity index (χ0n) is 12.0. The molecule has 0 aliphatic heterocycles. The van der Waals surface area contributed by atoms with Crippen LogP contribution in [0.2, 0.25) is 0 Å². The Hall–Kier alpha value is -2.76. The molecule has 0 bridgehead atoms. The van der Waals surface area contributed by atoms with Gasteiger partial charge in [0.2, 0.25) is 17.5 Å². The van der Waals surface area contributed by atoms with E-state index in [4.69, 9.17) is 14.2 Å². The van der Waals surface area contributed by atoms with Crippen LogP contribution in [-0.2, 0) is 0 Å². The summed E-state index contributed by atoms with van der Waals surface area (Å²) >= 11 is 0. The van der Waals surface area contributed by atoms with Crippen molar-refractivity contribution in [3.8, 4) is 28.8 Å². The number of ether oxygens (including phenoxy) is 3. The van der Waals surface area contributed by atoms with Crippen LogP contribution in [0.3, 0.4) is 0 Å². The van der Waals surface area contributed by atoms with Crippen molar-refractivity contribution in [3.05, 3.63) is 36.5 Å². The van der Waals surface area contributed by atoms with E-state index in [1.165, 1.54) is 0 Å². The molecule has 0 amide bonds. The molecule has 2 heterocycles. The standard InChI is InChI=1S/C15H15N3O3/c1-19-11-6-4-5-10(7-11)12-9-18-14(21-3)8-13(20-2)17-15(18)16-12/h4-9H,1-3H3. The average Bonchev–Trinajstić information content (AvgIpc) is 2.97. The topological polar surface area (TPSA) is 57.9 Å². The second-order valence-corrected chi connectivity index (χ2v) is 4.37. The summed E-state index contributed by atoms with van der Waals surface area (Å²) in [6, 6.07) is 9.41. The van der Waals surface area contributed by atoms with E-state index in [1.54, 1.807) is 31.8 Å². The molecule has 0 spiro atoms. The molecule has 2 aromatic heterocycles. The summed E-state index contributed by atoms with van der Waals surface area (Å²) in [6.45, 7) is 0. The fraction of sp³-hybridized carbons (Fsp3) is 0.200. The summed E-state index contributed by atoms with van der Waals surface area (Å²) < 4.78 is 17.5. The number of rotatable bonds is 4. The van der Waals surface area contributed by atoms with Crippen LogP contribution in [-0.4, -0.2) is 35.7 Å². The molecule has 0 radical (unpaired) electrons. The summed E-state index contributed by atoms with van der Waals surface area (Å²) in [5.74, 6) is 2.37. The molecule has 0 saturated heterocycles. The molecule has 6 nitrogen and oxygen atoms in total. The third kappa shape index (κ3) is 2.35. The van der Waals surface area contributed by atoms with E-state index in [0.717, 1.165) is 17.0 Å². The minimum atomic E-state index is 0.460. The van der Waals surface area contributed by atoms with Crippen LogP contribution in [0.4, 0.5) is 0 Å². The van der Waals surface area contributed by atoms with Gasteiger partial charge in [0.1, 0.15) is 5.75 Å². The van der Waals surface area contributed by atoms with E-state index < -0.39 is 0 Å². The van der Waals surface area contributed by atoms with Crippen LogP contribution >= 0.6 is 0 Å². The summed E-state index contributed by atoms with van der Waals surface area (Å²) in [4.78, 5) is 8.82. The van der Waals surface area contributed by atoms with Gasteiger partial charge in [-0.3, -0.25) is 4.40 Å². The molecule has 0 atom stereocenters. The number of imidazole rings is 1. The second-order valence-electron chi connectivity index (χ2n) is 4.37. The first kappa shape index (κ1) is 13.2. The first-order valence-corrected chi connectivity index (χ1v) is 6.37. The van der Waals surface area contributed by atoms with Crippen LogP contribution in [0.1, 0.15) is 0 Å². The summed E-state index contributed by atoms with van der Waals surface area (Å²) in [5.41, 5.74) is 1.73. The van der Waals surface area contributed by atoms with Gasteiger partial charge >= 0.3 is 0 Å². The SMILES string of the molecule is COc1cccc(-c2cn3c(OC)cc(OC)nc3n2)c1. The monoisotopic (exact) mass is 285 g/mol. The first-order chi connectivity index (χ1) is 10.2. The Morgan fingerprint density at radius 1 is 0.952 bits per heavy atom. The van der Waals surface area contributed by atoms with Gasteiger partial charge in [-0.15, -0.1) is 0 Å². The van der Waals surface area contributed by atoms with Crippen molar-refractivity contribution < 1.29 is 14.2 Å². The van der Waals surface area contributed by atoms with E-state index in [9.17, 15) is 0 Å². The van der Waals surface area contributed by atoms with Gasteiger partial charge in [0.15, 0.2) is 0 Å². The summed E-state index contributed by atoms with van der Waals surface area (Å²) in [7, 11) is 4.79. The van der Waals surface area contributed by atoms with Gasteiger partial charge in [0, 0.05) is 11.8 Å². The number of methoxy groups -OCH3 is 3. The molecule has 0 aliphatic rings. The number of nitrogens with zero attached hydrogens (tertiary/aromatic N) is 3. The van der Waals surface area contributed by atoms with Crippen molar-refractivity contribution >= 4 is 5.78 Å². The molecule has 0 aliphatic carbocycles. The fourth-order valence-corrected chi connectivity index (χ4v) is 2.10. The molecule has 6 heteroatoms. The highest BCUT2D eigenvalue weighted by Gasteiger charge is 2.11. The quantitative estimate of drug-likeness (QED) is 0.737. The third-order valence-corrected chi connectivity index (χ3v) is 3.17. The lowest BCUT2D eigenvalue weighted by Crippen LogP contribution is -1.97. The molecular formula is C15H15N3O3. The minimum absolute atomic E-state index is 0.460. The van der Waals surface area contributed by atoms with Crippen LogP contribution in [0, 0.1) is 0 Å². The highest BCUT2D eigenvalue weighted by atomic mass is 16.5. The Kier molecular flexibility index (Phi) is 3.35. The van der Waals surface area contributed by atoms with Crippen molar-refractivity contribution in [3.63, 3.8) is 0 Å². The molecule has 108 valence electrons. The fourth-order valence-electron chi connectivity index (χ4n) is 2.10. The number of fused-ring (bicyclic) bond motifs is 1. The van der Waals surface area contributed by atoms with Gasteiger partial charge in [-0.2, -0.15) is 4.98 Å². The van der Waals surface area contributed by atoms with E-state index >= 15 is 0 Å². The van der Waals surface area contributed by atoms with Gasteiger partial charge < -0.3 is 14.2 Å². The zero-order valence-corrected chi connectivity index (χ0v) is 12.0. The summed E-state index contributed by atoms with van der Waals surface area (Å²) in [5, 5.41) is 0. The predicted octanol–water partition coefficient (Wildman–Crippen LogP) is 2.42. The largest absolute Gasteiger partial charge is 0.497 e. The van der Waals surface area contributed by atoms with E-state index in [-0.39, 0.29) is 0 Å². The Morgan fingerprint density at radius 3 is 2.52 bits per heavy atom. The van der Waals surface area contributed by atoms with E-state index in [0.29, 0.717) is 17.5 Å². The van der Waals surface area contributed by atoms with Crippen LogP contribution < -0.4 is 14.2 Å². The number of hydrogen-bond donors (Lipinski definition) is 0. The first-order valence-electron chi connectivity index (χ1n) is 6.37. The van der Waals surface area contributed by atoms with Crippen molar-refractivity contribution in [1.82, 2.24) is 14.4 Å². The predicted molar refractivity (Wildman–Crippen MR) is 78.1 cm³/mol. The number of aromatic nitrogens is 3. The number of benzene rings is 1.